The lowest BCUT2D eigenvalue weighted by Crippen LogP contribution is -2.64. The summed E-state index contributed by atoms with van der Waals surface area (Å²) in [6.45, 7) is 0. The van der Waals surface area contributed by atoms with Crippen LogP contribution in [0.15, 0.2) is 48.3 Å². The van der Waals surface area contributed by atoms with Crippen molar-refractivity contribution < 1.29 is 48.5 Å². The Morgan fingerprint density at radius 1 is 0.900 bits per heavy atom. The van der Waals surface area contributed by atoms with E-state index >= 15 is 0 Å². The molecular formula is C21H20N2O7. The van der Waals surface area contributed by atoms with Gasteiger partial charge in [-0.05, 0) is 23.2 Å². The van der Waals surface area contributed by atoms with E-state index in [-0.39, 0.29) is 0 Å². The van der Waals surface area contributed by atoms with Gasteiger partial charge in [-0.3, -0.25) is 4.90 Å². The molecule has 5 atom stereocenters. The fourth-order valence-corrected chi connectivity index (χ4v) is 2.96. The van der Waals surface area contributed by atoms with Crippen molar-refractivity contribution in [3.8, 4) is 0 Å². The van der Waals surface area contributed by atoms with Crippen LogP contribution in [0.1, 0.15) is 24.8 Å². The minimum atomic E-state index is -2.14. The highest BCUT2D eigenvalue weighted by Gasteiger charge is 2.47. The molecule has 9 heteroatoms. The van der Waals surface area contributed by atoms with Crippen LogP contribution in [0.4, 0.5) is 16.2 Å². The Kier molecular flexibility index (Phi) is 2.95. The van der Waals surface area contributed by atoms with E-state index in [0.29, 0.717) is 4.90 Å². The van der Waals surface area contributed by atoms with E-state index in [0.717, 1.165) is 0 Å². The van der Waals surface area contributed by atoms with Crippen LogP contribution in [0.25, 0.3) is 12.1 Å². The molecule has 156 valence electrons. The van der Waals surface area contributed by atoms with Gasteiger partial charge >= 0.3 is 12.0 Å². The number of nitrogens with zero attached hydrogens (tertiary/aromatic N) is 1. The number of aliphatic carboxylic acids is 1. The van der Waals surface area contributed by atoms with E-state index in [1.807, 2.05) is 5.32 Å². The average Bonchev–Trinajstić information content (AvgIpc) is 3.00. The summed E-state index contributed by atoms with van der Waals surface area (Å²) in [5.74, 6) is -1.77. The molecule has 5 N–H and O–H groups in total. The zero-order valence-electron chi connectivity index (χ0n) is 24.8. The Labute approximate surface area is 185 Å². The molecule has 4 rings (SSSR count). The van der Waals surface area contributed by atoms with Gasteiger partial charge in [0.2, 0.25) is 0 Å². The van der Waals surface area contributed by atoms with Crippen molar-refractivity contribution in [2.45, 2.75) is 30.6 Å². The Hall–Kier alpha value is -3.24. The van der Waals surface area contributed by atoms with Gasteiger partial charge in [-0.1, -0.05) is 48.4 Å². The largest absolute Gasteiger partial charge is 0.479 e. The third kappa shape index (κ3) is 3.44. The van der Waals surface area contributed by atoms with E-state index in [2.05, 4.69) is 0 Å². The van der Waals surface area contributed by atoms with Crippen LogP contribution in [-0.4, -0.2) is 63.1 Å². The lowest BCUT2D eigenvalue weighted by atomic mass is 9.98. The minimum absolute atomic E-state index is 0.347. The Morgan fingerprint density at radius 2 is 1.43 bits per heavy atom. The number of carboxylic acids is 1. The molecule has 2 heterocycles. The van der Waals surface area contributed by atoms with Crippen molar-refractivity contribution in [2.24, 2.45) is 0 Å². The summed E-state index contributed by atoms with van der Waals surface area (Å²) in [7, 11) is 0. The van der Waals surface area contributed by atoms with Gasteiger partial charge < -0.3 is 30.5 Å². The number of carboxylic acid groups (broad SMARTS) is 1. The highest BCUT2D eigenvalue weighted by Crippen LogP contribution is 2.36. The highest BCUT2D eigenvalue weighted by atomic mass is 16.6. The SMILES string of the molecule is [2H]C1=C([2H])c2c([2H])c([2H])c([2H])c([2H])c2N(C(=O)N[C@@H]2O[C@H](C(=O)O)[C@@H](O)[C@H](O)[C@H]2O)c2c([2H])c([2H])c([2H])c([2H])c21. The number of amides is 2. The van der Waals surface area contributed by atoms with Crippen molar-refractivity contribution in [1.82, 2.24) is 5.32 Å². The maximum absolute atomic E-state index is 13.8. The fraction of sp³-hybridized carbons (Fsp3) is 0.238. The van der Waals surface area contributed by atoms with Crippen LogP contribution < -0.4 is 10.2 Å². The van der Waals surface area contributed by atoms with Gasteiger partial charge in [0, 0.05) is 0 Å². The van der Waals surface area contributed by atoms with E-state index < -0.39 is 126 Å². The number of aliphatic hydroxyl groups excluding tert-OH is 3. The quantitative estimate of drug-likeness (QED) is 0.485. The molecule has 0 aromatic heterocycles. The maximum atomic E-state index is 13.8. The summed E-state index contributed by atoms with van der Waals surface area (Å²) in [6, 6.07) is -10.4. The number of fused-ring (bicyclic) bond motifs is 2. The number of aliphatic hydroxyl groups is 3. The maximum Gasteiger partial charge on any atom is 0.335 e. The van der Waals surface area contributed by atoms with Crippen LogP contribution in [0.2, 0.25) is 0 Å². The van der Waals surface area contributed by atoms with Crippen molar-refractivity contribution >= 4 is 35.5 Å². The minimum Gasteiger partial charge on any atom is -0.479 e. The number of nitrogens with one attached hydrogen (secondary N) is 1. The summed E-state index contributed by atoms with van der Waals surface area (Å²) in [6.07, 6.45) is -10.6. The van der Waals surface area contributed by atoms with E-state index in [4.69, 9.17) is 18.4 Å². The smallest absolute Gasteiger partial charge is 0.335 e. The number of rotatable bonds is 2. The van der Waals surface area contributed by atoms with Gasteiger partial charge in [-0.25, -0.2) is 9.59 Å². The molecular weight excluding hydrogens is 392 g/mol. The molecule has 0 radical (unpaired) electrons. The van der Waals surface area contributed by atoms with E-state index in [1.165, 1.54) is 0 Å². The molecule has 1 saturated heterocycles. The Morgan fingerprint density at radius 3 is 1.97 bits per heavy atom. The first-order valence-corrected chi connectivity index (χ1v) is 8.46. The number of urea groups is 1. The molecule has 9 nitrogen and oxygen atoms in total. The van der Waals surface area contributed by atoms with Gasteiger partial charge in [0.25, 0.3) is 0 Å². The standard InChI is InChI=1S/C21H20N2O7/c24-15-16(25)18(20(27)28)30-19(17(15)26)22-21(29)23-13-7-3-1-5-11(13)9-10-12-6-2-4-8-14(12)23/h1-10,15-19,24-26H,(H,22,29)(H,27,28)/t15-,16-,17+,18-,19+/m0/s1/i1D,2D,3D,4D,5D,6D,7D,8D,9D,10D. The average molecular weight is 422 g/mol. The monoisotopic (exact) mass is 422 g/mol. The molecule has 0 saturated carbocycles. The third-order valence-corrected chi connectivity index (χ3v) is 4.42. The van der Waals surface area contributed by atoms with Crippen molar-refractivity contribution in [1.29, 1.82) is 0 Å². The number of para-hydroxylation sites is 2. The Balaban J connectivity index is 2.02. The number of carbonyl (C=O) groups is 2. The summed E-state index contributed by atoms with van der Waals surface area (Å²) in [5, 5.41) is 41.7. The lowest BCUT2D eigenvalue weighted by Gasteiger charge is -2.39. The van der Waals surface area contributed by atoms with Crippen LogP contribution in [0.5, 0.6) is 0 Å². The van der Waals surface area contributed by atoms with E-state index in [1.54, 1.807) is 0 Å². The number of ether oxygens (including phenoxy) is 1. The molecule has 0 bridgehead atoms. The molecule has 2 amide bonds. The van der Waals surface area contributed by atoms with Gasteiger partial charge in [-0.15, -0.1) is 0 Å². The van der Waals surface area contributed by atoms with Crippen LogP contribution in [0, 0.1) is 0 Å². The first-order valence-electron chi connectivity index (χ1n) is 13.5. The molecule has 2 aromatic carbocycles. The van der Waals surface area contributed by atoms with Gasteiger partial charge in [-0.2, -0.15) is 0 Å². The fourth-order valence-electron chi connectivity index (χ4n) is 2.96. The predicted octanol–water partition coefficient (Wildman–Crippen LogP) is 0.910. The van der Waals surface area contributed by atoms with Crippen molar-refractivity contribution in [2.75, 3.05) is 4.90 Å². The van der Waals surface area contributed by atoms with Crippen molar-refractivity contribution in [3.63, 3.8) is 0 Å². The first kappa shape index (κ1) is 11.2. The topological polar surface area (TPSA) is 140 Å². The highest BCUT2D eigenvalue weighted by molar-refractivity contribution is 6.05. The third-order valence-electron chi connectivity index (χ3n) is 4.42. The number of hydrogen-bond acceptors (Lipinski definition) is 6. The van der Waals surface area contributed by atoms with Gasteiger partial charge in [0.05, 0.1) is 25.1 Å². The summed E-state index contributed by atoms with van der Waals surface area (Å²) in [5.41, 5.74) is -2.99. The van der Waals surface area contributed by atoms with Crippen LogP contribution in [0.3, 0.4) is 0 Å². The molecule has 2 aliphatic rings. The molecule has 0 unspecified atom stereocenters. The zero-order chi connectivity index (χ0) is 30.1. The summed E-state index contributed by atoms with van der Waals surface area (Å²) >= 11 is 0. The summed E-state index contributed by atoms with van der Waals surface area (Å²) < 4.78 is 87.8. The number of benzene rings is 2. The first-order chi connectivity index (χ1) is 18.5. The number of hydrogen-bond donors (Lipinski definition) is 5. The summed E-state index contributed by atoms with van der Waals surface area (Å²) in [4.78, 5) is 25.6. The van der Waals surface area contributed by atoms with Gasteiger partial charge in [0.15, 0.2) is 12.3 Å². The second-order valence-corrected chi connectivity index (χ2v) is 6.27. The molecule has 2 aliphatic heterocycles. The number of anilines is 2. The zero-order valence-corrected chi connectivity index (χ0v) is 14.8. The second-order valence-electron chi connectivity index (χ2n) is 6.27. The second kappa shape index (κ2) is 7.88. The van der Waals surface area contributed by atoms with Crippen LogP contribution in [-0.2, 0) is 9.53 Å². The Bertz CT molecular complexity index is 1420. The predicted molar refractivity (Wildman–Crippen MR) is 107 cm³/mol. The molecule has 2 aromatic rings. The lowest BCUT2D eigenvalue weighted by molar-refractivity contribution is -0.231. The molecule has 0 spiro atoms. The molecule has 0 aliphatic carbocycles. The van der Waals surface area contributed by atoms with Gasteiger partial charge in [0.1, 0.15) is 18.3 Å². The molecule has 1 fully saturated rings. The van der Waals surface area contributed by atoms with Crippen LogP contribution >= 0.6 is 0 Å². The van der Waals surface area contributed by atoms with Crippen molar-refractivity contribution in [3.05, 3.63) is 59.5 Å². The normalized spacial score (nSPS) is 32.9. The molecule has 30 heavy (non-hydrogen) atoms. The number of carbonyl (C=O) groups excluding carboxylic acids is 1. The van der Waals surface area contributed by atoms with E-state index in [9.17, 15) is 30.0 Å².